The van der Waals surface area contributed by atoms with Gasteiger partial charge in [-0.25, -0.2) is 9.78 Å². The molecule has 17 heteroatoms. The van der Waals surface area contributed by atoms with Gasteiger partial charge < -0.3 is 15.0 Å². The predicted octanol–water partition coefficient (Wildman–Crippen LogP) is 9.75. The van der Waals surface area contributed by atoms with Gasteiger partial charge in [0.25, 0.3) is 0 Å². The molecule has 5 aromatic heterocycles. The van der Waals surface area contributed by atoms with Crippen molar-refractivity contribution in [3.8, 4) is 45.3 Å². The minimum atomic E-state index is -10.7. The van der Waals surface area contributed by atoms with E-state index in [1.165, 1.54) is 21.0 Å². The van der Waals surface area contributed by atoms with Crippen molar-refractivity contribution in [3.05, 3.63) is 140 Å². The average Bonchev–Trinajstić information content (AvgIpc) is 3.11. The van der Waals surface area contributed by atoms with Crippen molar-refractivity contribution in [1.29, 1.82) is 0 Å². The second-order valence-electron chi connectivity index (χ2n) is 10.3. The Morgan fingerprint density at radius 2 is 0.868 bits per heavy atom. The number of nitrogens with zero attached hydrogens (tertiary/aromatic N) is 5. The van der Waals surface area contributed by atoms with Gasteiger partial charge in [0.05, 0.1) is 29.9 Å². The summed E-state index contributed by atoms with van der Waals surface area (Å²) >= 11 is 0. The molecule has 6 rings (SSSR count). The van der Waals surface area contributed by atoms with Gasteiger partial charge in [-0.3, -0.25) is 19.9 Å². The minimum absolute atomic E-state index is 0. The quantitative estimate of drug-likeness (QED) is 0.0550. The van der Waals surface area contributed by atoms with Crippen molar-refractivity contribution in [3.63, 3.8) is 0 Å². The largest absolute Gasteiger partial charge is 2.00 e. The molecule has 280 valence electrons. The van der Waals surface area contributed by atoms with E-state index in [4.69, 9.17) is 4.74 Å². The molecular formula is C36H32F6N5O4PRu. The van der Waals surface area contributed by atoms with Gasteiger partial charge in [0, 0.05) is 36.2 Å². The third-order valence-corrected chi connectivity index (χ3v) is 5.78. The van der Waals surface area contributed by atoms with E-state index >= 15 is 0 Å². The molecule has 6 aromatic rings. The van der Waals surface area contributed by atoms with Crippen molar-refractivity contribution in [1.82, 2.24) is 24.9 Å². The Balaban J connectivity index is 0.000000407. The van der Waals surface area contributed by atoms with E-state index in [2.05, 4.69) is 31.0 Å². The molecule has 2 N–H and O–H groups in total. The Morgan fingerprint density at radius 3 is 1.15 bits per heavy atom. The smallest absolute Gasteiger partial charge is 0.412 e. The maximum Gasteiger partial charge on any atom is 2.00 e. The van der Waals surface area contributed by atoms with Gasteiger partial charge in [-0.15, -0.1) is 18.2 Å². The molecule has 0 spiro atoms. The zero-order valence-electron chi connectivity index (χ0n) is 28.2. The standard InChI is InChI=1S/C18H13N2O2.C15H11N3.C3H6O.F6P.H2O.Ru/c1-22-18(21)15-11-13(16-6-2-4-8-19-16)10-14(12-15)17-7-3-5-9-20-17;1-3-10-16-12(6-1)14-8-5-9-15(18-14)13-7-2-4-11-17-13;1-3(2)4;1-7(2,3,4,5)6;;/h2-9,11-12H,1H3;1-11H;1-2H3;;1H2;/q-1;;;-1;;+2. The number of methoxy groups -OCH3 is 1. The fourth-order valence-corrected chi connectivity index (χ4v) is 3.87. The normalized spacial score (nSPS) is 11.3. The van der Waals surface area contributed by atoms with Crippen molar-refractivity contribution < 1.29 is 64.5 Å². The molecule has 5 heterocycles. The number of halogens is 6. The minimum Gasteiger partial charge on any atom is -0.412 e. The Labute approximate surface area is 313 Å². The number of carbonyl (C=O) groups excluding carboxylic acids is 2. The summed E-state index contributed by atoms with van der Waals surface area (Å²) in [6, 6.07) is 35.4. The van der Waals surface area contributed by atoms with Crippen molar-refractivity contribution in [2.75, 3.05) is 7.11 Å². The van der Waals surface area contributed by atoms with Crippen LogP contribution in [-0.4, -0.2) is 49.3 Å². The zero-order valence-corrected chi connectivity index (χ0v) is 30.8. The second-order valence-corrected chi connectivity index (χ2v) is 12.2. The number of ketones is 1. The molecular weight excluding hydrogens is 812 g/mol. The Morgan fingerprint density at radius 1 is 0.566 bits per heavy atom. The van der Waals surface area contributed by atoms with Gasteiger partial charge in [0.15, 0.2) is 0 Å². The number of hydrogen-bond acceptors (Lipinski definition) is 8. The maximum absolute atomic E-state index is 11.9. The van der Waals surface area contributed by atoms with Gasteiger partial charge in [-0.2, -0.15) is 0 Å². The van der Waals surface area contributed by atoms with Gasteiger partial charge in [-0.05, 0) is 67.9 Å². The maximum atomic E-state index is 11.9. The Kier molecular flexibility index (Phi) is 16.8. The Bertz CT molecular complexity index is 1910. The first-order chi connectivity index (χ1) is 23.9. The predicted molar refractivity (Wildman–Crippen MR) is 187 cm³/mol. The summed E-state index contributed by atoms with van der Waals surface area (Å²) < 4.78 is 64.0. The molecule has 0 amide bonds. The molecule has 0 atom stereocenters. The van der Waals surface area contributed by atoms with E-state index in [9.17, 15) is 34.8 Å². The van der Waals surface area contributed by atoms with Crippen molar-refractivity contribution >= 4 is 19.6 Å². The van der Waals surface area contributed by atoms with Crippen LogP contribution < -0.4 is 0 Å². The Hall–Kier alpha value is -5.30. The van der Waals surface area contributed by atoms with Crippen LogP contribution in [0, 0.1) is 6.07 Å². The van der Waals surface area contributed by atoms with Gasteiger partial charge >= 0.3 is 58.4 Å². The zero-order chi connectivity index (χ0) is 37.6. The van der Waals surface area contributed by atoms with Crippen molar-refractivity contribution in [2.45, 2.75) is 13.8 Å². The average molecular weight is 845 g/mol. The van der Waals surface area contributed by atoms with Crippen LogP contribution in [0.2, 0.25) is 0 Å². The van der Waals surface area contributed by atoms with Gasteiger partial charge in [-0.1, -0.05) is 53.6 Å². The topological polar surface area (TPSA) is 139 Å². The molecule has 0 fully saturated rings. The number of rotatable bonds is 5. The van der Waals surface area contributed by atoms with E-state index < -0.39 is 13.8 Å². The molecule has 1 aromatic carbocycles. The molecule has 0 unspecified atom stereocenters. The fraction of sp³-hybridized carbons (Fsp3) is 0.0833. The van der Waals surface area contributed by atoms with Crippen LogP contribution in [0.25, 0.3) is 45.3 Å². The fourth-order valence-electron chi connectivity index (χ4n) is 3.87. The van der Waals surface area contributed by atoms with Crippen LogP contribution in [0.4, 0.5) is 25.2 Å². The first-order valence-electron chi connectivity index (χ1n) is 14.7. The van der Waals surface area contributed by atoms with E-state index in [1.807, 2.05) is 91.0 Å². The number of ether oxygens (including phenoxy) is 1. The number of hydrogen-bond donors (Lipinski definition) is 0. The number of Topliss-reactive ketones (excluding diaryl/α,β-unsaturated/α-hetero) is 1. The molecule has 0 aliphatic rings. The van der Waals surface area contributed by atoms with Crippen LogP contribution in [0.5, 0.6) is 0 Å². The molecule has 0 radical (unpaired) electrons. The molecule has 0 saturated carbocycles. The molecule has 0 aliphatic heterocycles. The number of benzene rings is 1. The number of esters is 1. The summed E-state index contributed by atoms with van der Waals surface area (Å²) in [5.74, 6) is -0.233. The van der Waals surface area contributed by atoms with Crippen LogP contribution >= 0.6 is 7.81 Å². The first-order valence-corrected chi connectivity index (χ1v) is 16.7. The molecule has 0 saturated heterocycles. The number of pyridine rings is 5. The molecule has 9 nitrogen and oxygen atoms in total. The summed E-state index contributed by atoms with van der Waals surface area (Å²) in [5.41, 5.74) is 6.84. The summed E-state index contributed by atoms with van der Waals surface area (Å²) in [7, 11) is -9.30. The SMILES string of the molecule is CC(C)=O.COC(=O)c1cc(-c2ccccn2)[c-]c(-c2ccccn2)c1.F[P-](F)(F)(F)(F)F.O.[Ru+2].c1ccc(-c2cccc(-c3ccccn3)n2)nc1. The molecule has 0 aliphatic carbocycles. The monoisotopic (exact) mass is 845 g/mol. The summed E-state index contributed by atoms with van der Waals surface area (Å²) in [6.45, 7) is 3.06. The van der Waals surface area contributed by atoms with Crippen LogP contribution in [0.1, 0.15) is 24.2 Å². The molecule has 53 heavy (non-hydrogen) atoms. The summed E-state index contributed by atoms with van der Waals surface area (Å²) in [4.78, 5) is 43.2. The van der Waals surface area contributed by atoms with Crippen LogP contribution in [0.15, 0.2) is 128 Å². The van der Waals surface area contributed by atoms with Gasteiger partial charge in [0.2, 0.25) is 0 Å². The molecule has 0 bridgehead atoms. The number of carbonyl (C=O) groups is 2. The first kappa shape index (κ1) is 45.7. The van der Waals surface area contributed by atoms with Crippen molar-refractivity contribution in [2.24, 2.45) is 0 Å². The third-order valence-electron chi connectivity index (χ3n) is 5.78. The summed E-state index contributed by atoms with van der Waals surface area (Å²) in [5, 5.41) is 0. The van der Waals surface area contributed by atoms with E-state index in [0.717, 1.165) is 45.3 Å². The van der Waals surface area contributed by atoms with E-state index in [0.29, 0.717) is 5.56 Å². The third kappa shape index (κ3) is 18.7. The summed E-state index contributed by atoms with van der Waals surface area (Å²) in [6.07, 6.45) is 6.94. The van der Waals surface area contributed by atoms with Crippen LogP contribution in [0.3, 0.4) is 0 Å². The van der Waals surface area contributed by atoms with Crippen LogP contribution in [-0.2, 0) is 29.0 Å². The second kappa shape index (κ2) is 19.5. The van der Waals surface area contributed by atoms with E-state index in [1.54, 1.807) is 36.9 Å². The van der Waals surface area contributed by atoms with E-state index in [-0.39, 0.29) is 30.7 Å². The van der Waals surface area contributed by atoms with Gasteiger partial charge in [0.1, 0.15) is 5.78 Å². The number of aromatic nitrogens is 5.